The van der Waals surface area contributed by atoms with Crippen molar-refractivity contribution in [1.29, 1.82) is 0 Å². The molecule has 0 saturated carbocycles. The number of anilines is 6. The van der Waals surface area contributed by atoms with Gasteiger partial charge in [0.2, 0.25) is 11.8 Å². The van der Waals surface area contributed by atoms with Gasteiger partial charge in [0.05, 0.1) is 101 Å². The number of carbonyl (C=O) groups excluding carboxylic acids is 12. The molecular weight excluding hydrogens is 1520 g/mol. The van der Waals surface area contributed by atoms with Gasteiger partial charge in [-0.15, -0.1) is 56.7 Å². The number of benzene rings is 1. The Labute approximate surface area is 627 Å². The van der Waals surface area contributed by atoms with Crippen molar-refractivity contribution in [3.8, 4) is 5.88 Å². The van der Waals surface area contributed by atoms with E-state index in [0.29, 0.717) is 81.0 Å². The molecule has 42 heteroatoms. The number of carbonyl (C=O) groups is 12. The fraction of sp³-hybridized carbons (Fsp3) is 0.246. The van der Waals surface area contributed by atoms with E-state index in [-0.39, 0.29) is 86.0 Å². The number of amides is 12. The van der Waals surface area contributed by atoms with Crippen LogP contribution < -0.4 is 63.5 Å². The highest BCUT2D eigenvalue weighted by atomic mass is 32.2. The largest absolute Gasteiger partial charge is 0.478 e. The summed E-state index contributed by atoms with van der Waals surface area (Å²) >= 11 is 5.62. The number of nitrogens with one attached hydrogen (secondary N) is 9. The van der Waals surface area contributed by atoms with E-state index < -0.39 is 81.5 Å². The van der Waals surface area contributed by atoms with Crippen molar-refractivity contribution in [2.45, 2.75) is 46.4 Å². The summed E-state index contributed by atoms with van der Waals surface area (Å²) in [6.07, 6.45) is 3.17. The average molecular weight is 1590 g/mol. The van der Waals surface area contributed by atoms with Crippen molar-refractivity contribution in [3.05, 3.63) is 161 Å². The van der Waals surface area contributed by atoms with Crippen LogP contribution in [-0.2, 0) is 33.5 Å². The van der Waals surface area contributed by atoms with E-state index in [4.69, 9.17) is 15.2 Å². The van der Waals surface area contributed by atoms with Gasteiger partial charge in [-0.1, -0.05) is 0 Å². The first-order valence-electron chi connectivity index (χ1n) is 31.5. The number of hydrogen-bond donors (Lipinski definition) is 10. The number of nitrogen functional groups attached to an aromatic ring is 1. The molecule has 1 saturated heterocycles. The number of aromatic amines is 1. The standard InChI is InChI=1S/C17H19N5O5S.C16H14N4O5S2.C16H17N3O6S2.C16H17N3O5S/c1-2-27-17(25)21-14(24)12-3-8-28-15(12)20-13(23)11-9-18-16(19-10-11)22-4-6-26-7-5-22;1-3-25-16(24)20-11(21)8-4-5-26-14(8)19-13(23)10-7(2)9-12(22)17-6-18-15(9)27-10;1-3-25-16(22)19-14(21)10-6-7-26-15(10)18-13(20)9-4-5-12(11(17)8-9)27(2,23)24;1-3-23-12-9-10(5-7-17-12)13(20)18-15-11(6-8-25-15)14(21)19-16(22)24-4-2/h3,8-10H,2,4-7H2,1H3,(H,20,23)(H,21,24,25);4-6H,3H2,1-2H3,(H,19,23)(H,17,18,22)(H,20,21,24);4-8H,3,17H2,1-2H3,(H,18,20)(H,19,21,22);5-9H,3-4H2,1-2H3,(H,18,20)(H,19,21,22). The molecule has 1 aliphatic heterocycles. The zero-order valence-corrected chi connectivity index (χ0v) is 62.4. The lowest BCUT2D eigenvalue weighted by Crippen LogP contribution is -2.37. The van der Waals surface area contributed by atoms with Gasteiger partial charge in [-0.2, -0.15) is 0 Å². The first-order valence-corrected chi connectivity index (χ1v) is 37.7. The number of thiophene rings is 5. The number of nitrogens with zero attached hydrogens (tertiary/aromatic N) is 5. The molecule has 564 valence electrons. The maximum Gasteiger partial charge on any atom is 0.414 e. The highest BCUT2D eigenvalue weighted by molar-refractivity contribution is 7.90. The molecule has 0 spiro atoms. The van der Waals surface area contributed by atoms with Crippen LogP contribution in [0.4, 0.5) is 50.8 Å². The van der Waals surface area contributed by atoms with E-state index in [9.17, 15) is 70.7 Å². The minimum Gasteiger partial charge on any atom is -0.478 e. The molecule has 0 unspecified atom stereocenters. The maximum absolute atomic E-state index is 12.7. The molecule has 8 aromatic heterocycles. The van der Waals surface area contributed by atoms with Gasteiger partial charge in [0.1, 0.15) is 24.8 Å². The molecular formula is C65H67N15O21S6. The Kier molecular flexibility index (Phi) is 30.6. The number of aryl methyl sites for hydroxylation is 1. The number of pyridine rings is 1. The van der Waals surface area contributed by atoms with Crippen molar-refractivity contribution < 1.29 is 94.4 Å². The molecule has 12 amide bonds. The van der Waals surface area contributed by atoms with Crippen molar-refractivity contribution >= 4 is 180 Å². The van der Waals surface area contributed by atoms with Crippen LogP contribution in [0.25, 0.3) is 10.2 Å². The van der Waals surface area contributed by atoms with Gasteiger partial charge in [0, 0.05) is 55.1 Å². The van der Waals surface area contributed by atoms with Gasteiger partial charge >= 0.3 is 24.4 Å². The molecule has 10 rings (SSSR count). The maximum atomic E-state index is 12.7. The van der Waals surface area contributed by atoms with Crippen molar-refractivity contribution in [1.82, 2.24) is 46.2 Å². The van der Waals surface area contributed by atoms with E-state index >= 15 is 0 Å². The van der Waals surface area contributed by atoms with Gasteiger partial charge in [0.25, 0.3) is 52.8 Å². The number of morpholine rings is 1. The summed E-state index contributed by atoms with van der Waals surface area (Å²) in [6.45, 7) is 13.5. The third-order valence-corrected chi connectivity index (χ3v) is 19.3. The Bertz CT molecular complexity index is 4930. The molecule has 36 nitrogen and oxygen atoms in total. The van der Waals surface area contributed by atoms with E-state index in [2.05, 4.69) is 81.1 Å². The predicted molar refractivity (Wildman–Crippen MR) is 396 cm³/mol. The normalized spacial score (nSPS) is 11.3. The molecule has 0 bridgehead atoms. The third kappa shape index (κ3) is 23.5. The summed E-state index contributed by atoms with van der Waals surface area (Å²) in [5.41, 5.74) is 7.10. The van der Waals surface area contributed by atoms with E-state index in [0.717, 1.165) is 62.9 Å². The number of H-pyrrole nitrogens is 1. The van der Waals surface area contributed by atoms with Gasteiger partial charge in [-0.25, -0.2) is 47.5 Å². The molecule has 0 aliphatic carbocycles. The Morgan fingerprint density at radius 3 is 1.34 bits per heavy atom. The molecule has 11 N–H and O–H groups in total. The lowest BCUT2D eigenvalue weighted by molar-refractivity contribution is 0.0912. The molecule has 0 radical (unpaired) electrons. The SMILES string of the molecule is CCOC(=O)NC(=O)c1ccsc1NC(=O)c1ccc(S(C)(=O)=O)c(N)c1.CCOC(=O)NC(=O)c1ccsc1NC(=O)c1ccnc(OCC)c1.CCOC(=O)NC(=O)c1ccsc1NC(=O)c1cnc(N2CCOCC2)nc1.CCOC(=O)NC(=O)c1ccsc1NC(=O)c1sc2nc[nH]c(=O)c2c1C. The van der Waals surface area contributed by atoms with Crippen LogP contribution in [0.3, 0.4) is 0 Å². The molecule has 1 aromatic carbocycles. The van der Waals surface area contributed by atoms with Gasteiger partial charge in [0.15, 0.2) is 9.84 Å². The van der Waals surface area contributed by atoms with Gasteiger partial charge < -0.3 is 65.3 Å². The molecule has 0 atom stereocenters. The second-order valence-corrected chi connectivity index (χ2v) is 27.5. The molecule has 1 fully saturated rings. The number of sulfone groups is 1. The van der Waals surface area contributed by atoms with E-state index in [1.807, 2.05) is 17.1 Å². The van der Waals surface area contributed by atoms with Crippen LogP contribution in [-0.4, -0.2) is 171 Å². The zero-order valence-electron chi connectivity index (χ0n) is 57.5. The van der Waals surface area contributed by atoms with Crippen LogP contribution >= 0.6 is 56.7 Å². The third-order valence-electron chi connectivity index (χ3n) is 13.6. The Hall–Kier alpha value is -12.0. The number of fused-ring (bicyclic) bond motifs is 1. The van der Waals surface area contributed by atoms with Gasteiger partial charge in [-0.05, 0) is 117 Å². The Balaban J connectivity index is 0.000000199. The summed E-state index contributed by atoms with van der Waals surface area (Å²) in [4.78, 5) is 177. The number of aromatic nitrogens is 5. The number of rotatable bonds is 20. The molecule has 1 aliphatic rings. The van der Waals surface area contributed by atoms with E-state index in [1.54, 1.807) is 56.1 Å². The second kappa shape index (κ2) is 39.8. The summed E-state index contributed by atoms with van der Waals surface area (Å²) in [6, 6.07) is 12.8. The fourth-order valence-corrected chi connectivity index (χ4v) is 13.8. The van der Waals surface area contributed by atoms with Crippen molar-refractivity contribution in [2.75, 3.05) is 97.5 Å². The smallest absolute Gasteiger partial charge is 0.414 e. The summed E-state index contributed by atoms with van der Waals surface area (Å²) in [7, 11) is -3.51. The number of hydrogen-bond acceptors (Lipinski definition) is 32. The topological polar surface area (TPSA) is 504 Å². The first kappa shape index (κ1) is 82.3. The average Bonchev–Trinajstić information content (AvgIpc) is 1.67. The lowest BCUT2D eigenvalue weighted by atomic mass is 10.2. The minimum atomic E-state index is -3.51. The molecule has 107 heavy (non-hydrogen) atoms. The van der Waals surface area contributed by atoms with Crippen molar-refractivity contribution in [2.24, 2.45) is 0 Å². The zero-order chi connectivity index (χ0) is 77.9. The fourth-order valence-electron chi connectivity index (χ4n) is 8.80. The quantitative estimate of drug-likeness (QED) is 0.0252. The lowest BCUT2D eigenvalue weighted by Gasteiger charge is -2.26. The van der Waals surface area contributed by atoms with Crippen LogP contribution in [0.1, 0.15) is 122 Å². The second-order valence-electron chi connectivity index (χ2n) is 20.8. The number of alkyl carbamates (subject to hydrolysis) is 4. The number of ether oxygens (including phenoxy) is 6. The molecule has 9 aromatic rings. The molecule has 9 heterocycles. The Morgan fingerprint density at radius 2 is 0.944 bits per heavy atom. The van der Waals surface area contributed by atoms with Crippen molar-refractivity contribution in [3.63, 3.8) is 0 Å². The first-order chi connectivity index (χ1) is 51.2. The highest BCUT2D eigenvalue weighted by Gasteiger charge is 2.26. The minimum absolute atomic E-state index is 0.0587. The Morgan fingerprint density at radius 1 is 0.533 bits per heavy atom. The summed E-state index contributed by atoms with van der Waals surface area (Å²) < 4.78 is 52.4. The monoisotopic (exact) mass is 1590 g/mol. The van der Waals surface area contributed by atoms with Crippen LogP contribution in [0.15, 0.2) is 111 Å². The predicted octanol–water partition coefficient (Wildman–Crippen LogP) is 8.56. The summed E-state index contributed by atoms with van der Waals surface area (Å²) in [5, 5.41) is 26.7. The van der Waals surface area contributed by atoms with E-state index in [1.165, 1.54) is 79.5 Å². The van der Waals surface area contributed by atoms with Crippen LogP contribution in [0.2, 0.25) is 0 Å². The summed E-state index contributed by atoms with van der Waals surface area (Å²) in [5.74, 6) is -3.79. The van der Waals surface area contributed by atoms with Gasteiger partial charge in [-0.3, -0.25) is 64.4 Å². The number of imide groups is 4. The van der Waals surface area contributed by atoms with Crippen LogP contribution in [0, 0.1) is 6.92 Å². The number of nitrogens with two attached hydrogens (primary N) is 1. The highest BCUT2D eigenvalue weighted by Crippen LogP contribution is 2.31. The van der Waals surface area contributed by atoms with Crippen LogP contribution in [0.5, 0.6) is 5.88 Å².